The Hall–Kier alpha value is -2.22. The van der Waals surface area contributed by atoms with E-state index in [1.165, 1.54) is 0 Å². The molecular weight excluding hydrogens is 407 g/mol. The molecule has 2 aromatic carbocycles. The molecule has 0 aliphatic rings. The summed E-state index contributed by atoms with van der Waals surface area (Å²) in [5.41, 5.74) is 4.85. The summed E-state index contributed by atoms with van der Waals surface area (Å²) < 4.78 is 13.7. The zero-order chi connectivity index (χ0) is 19.2. The Morgan fingerprint density at radius 1 is 1.11 bits per heavy atom. The average molecular weight is 425 g/mol. The molecule has 0 fully saturated rings. The highest BCUT2D eigenvalue weighted by Crippen LogP contribution is 2.34. The fraction of sp³-hybridized carbons (Fsp3) is 0.222. The molecule has 0 amide bonds. The molecule has 0 atom stereocenters. The van der Waals surface area contributed by atoms with Crippen molar-refractivity contribution >= 4 is 35.4 Å². The van der Waals surface area contributed by atoms with E-state index in [1.54, 1.807) is 17.1 Å². The van der Waals surface area contributed by atoms with Crippen LogP contribution >= 0.6 is 35.4 Å². The van der Waals surface area contributed by atoms with E-state index in [-0.39, 0.29) is 0 Å². The summed E-state index contributed by atoms with van der Waals surface area (Å²) in [4.78, 5) is 0. The molecule has 0 spiro atoms. The minimum absolute atomic E-state index is 0.317. The Balaban J connectivity index is 1.78. The molecule has 3 aromatic rings. The normalized spacial score (nSPS) is 10.6. The molecule has 2 N–H and O–H groups in total. The van der Waals surface area contributed by atoms with Crippen LogP contribution in [0.1, 0.15) is 18.1 Å². The van der Waals surface area contributed by atoms with Crippen LogP contribution in [0, 0.1) is 4.77 Å². The first-order valence-electron chi connectivity index (χ1n) is 8.25. The maximum absolute atomic E-state index is 6.43. The maximum atomic E-state index is 6.43. The summed E-state index contributed by atoms with van der Waals surface area (Å²) in [5.74, 6) is 1.17. The third kappa shape index (κ3) is 4.94. The number of nitrogens with one attached hydrogen (secondary N) is 2. The van der Waals surface area contributed by atoms with Crippen molar-refractivity contribution in [3.63, 3.8) is 0 Å². The van der Waals surface area contributed by atoms with Crippen LogP contribution in [0.3, 0.4) is 0 Å². The third-order valence-corrected chi connectivity index (χ3v) is 4.75. The molecule has 27 heavy (non-hydrogen) atoms. The van der Waals surface area contributed by atoms with Crippen molar-refractivity contribution in [1.29, 1.82) is 0 Å². The molecule has 0 bridgehead atoms. The number of nitrogens with zero attached hydrogens (tertiary/aromatic N) is 2. The highest BCUT2D eigenvalue weighted by atomic mass is 35.5. The smallest absolute Gasteiger partial charge is 0.214 e. The molecule has 9 heteroatoms. The first kappa shape index (κ1) is 19.5. The molecule has 0 aliphatic heterocycles. The van der Waals surface area contributed by atoms with Crippen molar-refractivity contribution < 1.29 is 9.47 Å². The van der Waals surface area contributed by atoms with Crippen LogP contribution in [0.4, 0.5) is 0 Å². The van der Waals surface area contributed by atoms with Crippen LogP contribution in [-0.2, 0) is 13.2 Å². The van der Waals surface area contributed by atoms with Crippen molar-refractivity contribution in [2.75, 3.05) is 12.0 Å². The molecule has 0 radical (unpaired) electrons. The lowest BCUT2D eigenvalue weighted by atomic mass is 10.2. The standard InChI is InChI=1S/C18H18Cl2N4O2S/c1-2-25-16-7-13(9-22-24-11-21-23-18(24)27)15(20)8-17(16)26-10-12-5-3-4-6-14(12)19/h3-8,11,22H,2,9-10H2,1H3,(H,23,27). The Morgan fingerprint density at radius 2 is 1.89 bits per heavy atom. The van der Waals surface area contributed by atoms with E-state index < -0.39 is 0 Å². The van der Waals surface area contributed by atoms with Gasteiger partial charge in [0.2, 0.25) is 4.77 Å². The van der Waals surface area contributed by atoms with Crippen molar-refractivity contribution in [3.05, 3.63) is 68.7 Å². The Labute approximate surface area is 172 Å². The molecular formula is C18H18Cl2N4O2S. The van der Waals surface area contributed by atoms with Gasteiger partial charge in [-0.1, -0.05) is 41.4 Å². The number of aromatic nitrogens is 3. The lowest BCUT2D eigenvalue weighted by Gasteiger charge is -2.16. The number of halogens is 2. The van der Waals surface area contributed by atoms with Crippen molar-refractivity contribution in [1.82, 2.24) is 14.9 Å². The first-order valence-corrected chi connectivity index (χ1v) is 9.42. The molecule has 0 aliphatic carbocycles. The van der Waals surface area contributed by atoms with Crippen LogP contribution in [0.2, 0.25) is 10.0 Å². The van der Waals surface area contributed by atoms with Crippen LogP contribution < -0.4 is 14.9 Å². The van der Waals surface area contributed by atoms with Gasteiger partial charge in [-0.2, -0.15) is 5.10 Å². The summed E-state index contributed by atoms with van der Waals surface area (Å²) in [6.45, 7) is 3.17. The minimum atomic E-state index is 0.317. The Kier molecular flexibility index (Phi) is 6.60. The molecule has 1 aromatic heterocycles. The largest absolute Gasteiger partial charge is 0.490 e. The van der Waals surface area contributed by atoms with Crippen LogP contribution in [0.15, 0.2) is 42.7 Å². The van der Waals surface area contributed by atoms with Gasteiger partial charge in [-0.05, 0) is 36.8 Å². The van der Waals surface area contributed by atoms with Crippen LogP contribution in [-0.4, -0.2) is 21.5 Å². The van der Waals surface area contributed by atoms with E-state index in [0.29, 0.717) is 46.1 Å². The minimum Gasteiger partial charge on any atom is -0.490 e. The molecule has 3 rings (SSSR count). The van der Waals surface area contributed by atoms with Gasteiger partial charge >= 0.3 is 0 Å². The highest BCUT2D eigenvalue weighted by Gasteiger charge is 2.12. The van der Waals surface area contributed by atoms with Crippen molar-refractivity contribution in [2.45, 2.75) is 20.1 Å². The molecule has 142 valence electrons. The molecule has 6 nitrogen and oxygen atoms in total. The van der Waals surface area contributed by atoms with Gasteiger partial charge in [-0.3, -0.25) is 5.10 Å². The van der Waals surface area contributed by atoms with E-state index in [4.69, 9.17) is 44.9 Å². The van der Waals surface area contributed by atoms with E-state index in [9.17, 15) is 0 Å². The molecule has 0 saturated carbocycles. The second-order valence-electron chi connectivity index (χ2n) is 5.57. The van der Waals surface area contributed by atoms with Gasteiger partial charge in [0, 0.05) is 21.7 Å². The predicted molar refractivity (Wildman–Crippen MR) is 109 cm³/mol. The average Bonchev–Trinajstić information content (AvgIpc) is 3.06. The van der Waals surface area contributed by atoms with E-state index in [0.717, 1.165) is 11.1 Å². The van der Waals surface area contributed by atoms with Gasteiger partial charge in [0.15, 0.2) is 11.5 Å². The fourth-order valence-electron chi connectivity index (χ4n) is 2.40. The molecule has 0 unspecified atom stereocenters. The van der Waals surface area contributed by atoms with Gasteiger partial charge in [-0.15, -0.1) is 0 Å². The molecule has 0 saturated heterocycles. The van der Waals surface area contributed by atoms with E-state index in [1.807, 2.05) is 37.3 Å². The lowest BCUT2D eigenvalue weighted by molar-refractivity contribution is 0.269. The molecule has 1 heterocycles. The number of hydrogen-bond donors (Lipinski definition) is 2. The number of ether oxygens (including phenoxy) is 2. The van der Waals surface area contributed by atoms with Gasteiger partial charge in [0.25, 0.3) is 0 Å². The van der Waals surface area contributed by atoms with Crippen molar-refractivity contribution in [2.24, 2.45) is 0 Å². The number of rotatable bonds is 8. The van der Waals surface area contributed by atoms with E-state index in [2.05, 4.69) is 15.6 Å². The topological polar surface area (TPSA) is 64.1 Å². The Morgan fingerprint density at radius 3 is 2.59 bits per heavy atom. The van der Waals surface area contributed by atoms with Gasteiger partial charge in [0.1, 0.15) is 12.9 Å². The highest BCUT2D eigenvalue weighted by molar-refractivity contribution is 7.71. The summed E-state index contributed by atoms with van der Waals surface area (Å²) in [7, 11) is 0. The predicted octanol–water partition coefficient (Wildman–Crippen LogP) is 4.97. The third-order valence-electron chi connectivity index (χ3n) is 3.75. The first-order chi connectivity index (χ1) is 13.1. The number of hydrogen-bond acceptors (Lipinski definition) is 5. The van der Waals surface area contributed by atoms with Gasteiger partial charge in [0.05, 0.1) is 13.2 Å². The second kappa shape index (κ2) is 9.12. The quantitative estimate of drug-likeness (QED) is 0.499. The van der Waals surface area contributed by atoms with Gasteiger partial charge < -0.3 is 14.9 Å². The summed E-state index contributed by atoms with van der Waals surface area (Å²) in [6.07, 6.45) is 1.56. The fourth-order valence-corrected chi connectivity index (χ4v) is 2.97. The summed E-state index contributed by atoms with van der Waals surface area (Å²) in [6, 6.07) is 11.1. The monoisotopic (exact) mass is 424 g/mol. The van der Waals surface area contributed by atoms with Gasteiger partial charge in [-0.25, -0.2) is 4.68 Å². The zero-order valence-corrected chi connectivity index (χ0v) is 16.9. The van der Waals surface area contributed by atoms with Crippen molar-refractivity contribution in [3.8, 4) is 11.5 Å². The zero-order valence-electron chi connectivity index (χ0n) is 14.5. The lowest BCUT2D eigenvalue weighted by Crippen LogP contribution is -2.14. The Bertz CT molecular complexity index is 974. The SMILES string of the molecule is CCOc1cc(CNn2cn[nH]c2=S)c(Cl)cc1OCc1ccccc1Cl. The van der Waals surface area contributed by atoms with Crippen LogP contribution in [0.25, 0.3) is 0 Å². The number of benzene rings is 2. The van der Waals surface area contributed by atoms with E-state index >= 15 is 0 Å². The summed E-state index contributed by atoms with van der Waals surface area (Å²) >= 11 is 17.7. The number of aromatic amines is 1. The number of H-pyrrole nitrogens is 1. The van der Waals surface area contributed by atoms with Crippen LogP contribution in [0.5, 0.6) is 11.5 Å². The summed E-state index contributed by atoms with van der Waals surface area (Å²) in [5, 5.41) is 7.74. The maximum Gasteiger partial charge on any atom is 0.214 e. The second-order valence-corrected chi connectivity index (χ2v) is 6.77.